The minimum atomic E-state index is 0.370. The normalized spacial score (nSPS) is 26.2. The standard InChI is InChI=1S/C16H29N3OS/c1-5-8-17-16-14(18-19-21-16)10-20-15-9-12(4)6-7-13(15)11(2)3/h11-13,15,17H,5-10H2,1-4H3. The van der Waals surface area contributed by atoms with Crippen LogP contribution in [0.4, 0.5) is 5.00 Å². The van der Waals surface area contributed by atoms with Gasteiger partial charge in [0.2, 0.25) is 0 Å². The molecule has 3 atom stereocenters. The van der Waals surface area contributed by atoms with Gasteiger partial charge in [-0.05, 0) is 37.0 Å². The predicted molar refractivity (Wildman–Crippen MR) is 88.6 cm³/mol. The van der Waals surface area contributed by atoms with Crippen molar-refractivity contribution in [2.75, 3.05) is 11.9 Å². The van der Waals surface area contributed by atoms with Gasteiger partial charge in [0.15, 0.2) is 0 Å². The third-order valence-corrected chi connectivity index (χ3v) is 5.21. The van der Waals surface area contributed by atoms with Gasteiger partial charge in [0, 0.05) is 18.1 Å². The SMILES string of the molecule is CCCNc1snnc1COC1CC(C)CCC1C(C)C. The summed E-state index contributed by atoms with van der Waals surface area (Å²) in [5.74, 6) is 2.14. The molecule has 21 heavy (non-hydrogen) atoms. The van der Waals surface area contributed by atoms with E-state index in [1.54, 1.807) is 0 Å². The fourth-order valence-electron chi connectivity index (χ4n) is 3.17. The quantitative estimate of drug-likeness (QED) is 0.814. The monoisotopic (exact) mass is 311 g/mol. The molecular weight excluding hydrogens is 282 g/mol. The molecule has 1 fully saturated rings. The van der Waals surface area contributed by atoms with Crippen molar-refractivity contribution >= 4 is 16.5 Å². The Balaban J connectivity index is 1.92. The lowest BCUT2D eigenvalue weighted by Crippen LogP contribution is -2.34. The molecule has 4 nitrogen and oxygen atoms in total. The van der Waals surface area contributed by atoms with Gasteiger partial charge in [-0.2, -0.15) is 0 Å². The lowest BCUT2D eigenvalue weighted by atomic mass is 9.75. The topological polar surface area (TPSA) is 47.0 Å². The first-order valence-corrected chi connectivity index (χ1v) is 9.05. The summed E-state index contributed by atoms with van der Waals surface area (Å²) in [5.41, 5.74) is 0.967. The van der Waals surface area contributed by atoms with E-state index >= 15 is 0 Å². The van der Waals surface area contributed by atoms with Crippen LogP contribution in [-0.2, 0) is 11.3 Å². The van der Waals surface area contributed by atoms with E-state index in [1.165, 1.54) is 30.8 Å². The van der Waals surface area contributed by atoms with E-state index < -0.39 is 0 Å². The summed E-state index contributed by atoms with van der Waals surface area (Å²) in [7, 11) is 0. The summed E-state index contributed by atoms with van der Waals surface area (Å²) in [6.07, 6.45) is 5.28. The maximum absolute atomic E-state index is 6.26. The predicted octanol–water partition coefficient (Wildman–Crippen LogP) is 4.34. The summed E-state index contributed by atoms with van der Waals surface area (Å²) in [4.78, 5) is 0. The molecule has 1 aliphatic carbocycles. The Morgan fingerprint density at radius 3 is 2.90 bits per heavy atom. The number of anilines is 1. The lowest BCUT2D eigenvalue weighted by molar-refractivity contribution is -0.0481. The van der Waals surface area contributed by atoms with Crippen LogP contribution in [-0.4, -0.2) is 22.2 Å². The molecule has 1 aromatic heterocycles. The zero-order valence-electron chi connectivity index (χ0n) is 13.8. The van der Waals surface area contributed by atoms with Crippen molar-refractivity contribution < 1.29 is 4.74 Å². The Kier molecular flexibility index (Phi) is 6.42. The van der Waals surface area contributed by atoms with Gasteiger partial charge in [-0.15, -0.1) is 5.10 Å². The zero-order valence-corrected chi connectivity index (χ0v) is 14.6. The molecule has 0 radical (unpaired) electrons. The van der Waals surface area contributed by atoms with E-state index in [4.69, 9.17) is 4.74 Å². The highest BCUT2D eigenvalue weighted by molar-refractivity contribution is 7.10. The summed E-state index contributed by atoms with van der Waals surface area (Å²) >= 11 is 1.43. The molecule has 0 saturated heterocycles. The van der Waals surface area contributed by atoms with Crippen LogP contribution in [0.3, 0.4) is 0 Å². The van der Waals surface area contributed by atoms with Crippen molar-refractivity contribution in [2.45, 2.75) is 66.1 Å². The third kappa shape index (κ3) is 4.65. The molecule has 1 aromatic rings. The van der Waals surface area contributed by atoms with E-state index in [9.17, 15) is 0 Å². The molecular formula is C16H29N3OS. The summed E-state index contributed by atoms with van der Waals surface area (Å²) in [6.45, 7) is 10.7. The maximum atomic E-state index is 6.26. The first-order chi connectivity index (χ1) is 10.1. The second-order valence-corrected chi connectivity index (χ2v) is 7.41. The van der Waals surface area contributed by atoms with Gasteiger partial charge in [-0.1, -0.05) is 38.6 Å². The first-order valence-electron chi connectivity index (χ1n) is 8.28. The van der Waals surface area contributed by atoms with Crippen LogP contribution in [0, 0.1) is 17.8 Å². The Morgan fingerprint density at radius 2 is 2.19 bits per heavy atom. The van der Waals surface area contributed by atoms with Crippen molar-refractivity contribution in [3.63, 3.8) is 0 Å². The summed E-state index contributed by atoms with van der Waals surface area (Å²) < 4.78 is 10.3. The van der Waals surface area contributed by atoms with Crippen LogP contribution in [0.1, 0.15) is 59.1 Å². The van der Waals surface area contributed by atoms with Crippen LogP contribution in [0.25, 0.3) is 0 Å². The second kappa shape index (κ2) is 8.08. The number of hydrogen-bond acceptors (Lipinski definition) is 5. The molecule has 0 spiro atoms. The van der Waals surface area contributed by atoms with Crippen LogP contribution in [0.5, 0.6) is 0 Å². The van der Waals surface area contributed by atoms with Crippen LogP contribution < -0.4 is 5.32 Å². The van der Waals surface area contributed by atoms with Crippen molar-refractivity contribution in [2.24, 2.45) is 17.8 Å². The van der Waals surface area contributed by atoms with E-state index in [1.807, 2.05) is 0 Å². The number of aromatic nitrogens is 2. The molecule has 0 aromatic carbocycles. The average molecular weight is 311 g/mol. The third-order valence-electron chi connectivity index (χ3n) is 4.49. The lowest BCUT2D eigenvalue weighted by Gasteiger charge is -2.37. The molecule has 0 bridgehead atoms. The fourth-order valence-corrected chi connectivity index (χ4v) is 3.76. The van der Waals surface area contributed by atoms with Gasteiger partial charge in [0.25, 0.3) is 0 Å². The highest BCUT2D eigenvalue weighted by Crippen LogP contribution is 2.36. The van der Waals surface area contributed by atoms with Crippen LogP contribution in [0.2, 0.25) is 0 Å². The Hall–Kier alpha value is -0.680. The number of ether oxygens (including phenoxy) is 1. The van der Waals surface area contributed by atoms with Crippen molar-refractivity contribution in [1.82, 2.24) is 9.59 Å². The molecule has 1 heterocycles. The average Bonchev–Trinajstić information content (AvgIpc) is 2.90. The molecule has 5 heteroatoms. The number of nitrogens with one attached hydrogen (secondary N) is 1. The molecule has 0 aliphatic heterocycles. The van der Waals surface area contributed by atoms with E-state index in [0.717, 1.165) is 29.6 Å². The van der Waals surface area contributed by atoms with Gasteiger partial charge in [-0.3, -0.25) is 0 Å². The van der Waals surface area contributed by atoms with Gasteiger partial charge in [0.05, 0.1) is 12.7 Å². The molecule has 0 amide bonds. The van der Waals surface area contributed by atoms with Gasteiger partial charge >= 0.3 is 0 Å². The minimum absolute atomic E-state index is 0.370. The number of rotatable bonds is 7. The van der Waals surface area contributed by atoms with Crippen molar-refractivity contribution in [1.29, 1.82) is 0 Å². The molecule has 1 N–H and O–H groups in total. The zero-order chi connectivity index (χ0) is 15.2. The molecule has 1 saturated carbocycles. The van der Waals surface area contributed by atoms with E-state index in [0.29, 0.717) is 24.5 Å². The second-order valence-electron chi connectivity index (χ2n) is 6.65. The van der Waals surface area contributed by atoms with Gasteiger partial charge in [-0.25, -0.2) is 0 Å². The Morgan fingerprint density at radius 1 is 1.38 bits per heavy atom. The van der Waals surface area contributed by atoms with Crippen molar-refractivity contribution in [3.05, 3.63) is 5.69 Å². The molecule has 120 valence electrons. The van der Waals surface area contributed by atoms with Crippen LogP contribution >= 0.6 is 11.5 Å². The minimum Gasteiger partial charge on any atom is -0.374 e. The van der Waals surface area contributed by atoms with Gasteiger partial charge in [0.1, 0.15) is 10.7 Å². The number of hydrogen-bond donors (Lipinski definition) is 1. The van der Waals surface area contributed by atoms with E-state index in [-0.39, 0.29) is 0 Å². The fraction of sp³-hybridized carbons (Fsp3) is 0.875. The van der Waals surface area contributed by atoms with Gasteiger partial charge < -0.3 is 10.1 Å². The molecule has 1 aliphatic rings. The van der Waals surface area contributed by atoms with Crippen LogP contribution in [0.15, 0.2) is 0 Å². The summed E-state index contributed by atoms with van der Waals surface area (Å²) in [5, 5.41) is 8.68. The number of nitrogens with zero attached hydrogens (tertiary/aromatic N) is 2. The molecule has 2 rings (SSSR count). The molecule has 3 unspecified atom stereocenters. The smallest absolute Gasteiger partial charge is 0.135 e. The Bertz CT molecular complexity index is 421. The summed E-state index contributed by atoms with van der Waals surface area (Å²) in [6, 6.07) is 0. The van der Waals surface area contributed by atoms with E-state index in [2.05, 4.69) is 42.6 Å². The maximum Gasteiger partial charge on any atom is 0.135 e. The Labute approximate surface area is 132 Å². The largest absolute Gasteiger partial charge is 0.374 e. The van der Waals surface area contributed by atoms with Crippen molar-refractivity contribution in [3.8, 4) is 0 Å². The first kappa shape index (κ1) is 16.7. The highest BCUT2D eigenvalue weighted by atomic mass is 32.1. The highest BCUT2D eigenvalue weighted by Gasteiger charge is 2.31.